The number of carbonyl (C=O) groups excluding carboxylic acids is 1. The van der Waals surface area contributed by atoms with Crippen LogP contribution in [0.2, 0.25) is 0 Å². The zero-order chi connectivity index (χ0) is 24.1. The van der Waals surface area contributed by atoms with Crippen LogP contribution in [0.15, 0.2) is 24.3 Å². The molecule has 0 aromatic heterocycles. The molecule has 6 nitrogen and oxygen atoms in total. The van der Waals surface area contributed by atoms with E-state index < -0.39 is 35.6 Å². The molecule has 0 saturated carbocycles. The van der Waals surface area contributed by atoms with Crippen molar-refractivity contribution in [1.29, 1.82) is 0 Å². The summed E-state index contributed by atoms with van der Waals surface area (Å²) < 4.78 is 45.9. The number of methoxy groups -OCH3 is 1. The maximum atomic E-state index is 13.6. The molecule has 1 aromatic rings. The summed E-state index contributed by atoms with van der Waals surface area (Å²) in [5.74, 6) is -1.72. The number of rotatable bonds is 15. The molecule has 1 rings (SSSR count). The van der Waals surface area contributed by atoms with Gasteiger partial charge in [-0.25, -0.2) is 0 Å². The van der Waals surface area contributed by atoms with Gasteiger partial charge in [-0.15, -0.1) is 0 Å². The number of hydrogen-bond donors (Lipinski definition) is 0. The average Bonchev–Trinajstić information content (AvgIpc) is 2.75. The number of amides is 1. The summed E-state index contributed by atoms with van der Waals surface area (Å²) in [4.78, 5) is 24.6. The second kappa shape index (κ2) is 14.0. The van der Waals surface area contributed by atoms with Gasteiger partial charge in [0.2, 0.25) is 6.04 Å². The van der Waals surface area contributed by atoms with Crippen LogP contribution < -0.4 is 4.74 Å². The summed E-state index contributed by atoms with van der Waals surface area (Å²) in [5.41, 5.74) is 0.376. The number of carbonyl (C=O) groups is 1. The second-order valence-corrected chi connectivity index (χ2v) is 8.01. The Morgan fingerprint density at radius 2 is 1.66 bits per heavy atom. The van der Waals surface area contributed by atoms with Gasteiger partial charge in [-0.2, -0.15) is 13.2 Å². The Kier molecular flexibility index (Phi) is 12.1. The predicted octanol–water partition coefficient (Wildman–Crippen LogP) is 6.15. The monoisotopic (exact) mass is 460 g/mol. The van der Waals surface area contributed by atoms with E-state index in [9.17, 15) is 28.1 Å². The Balaban J connectivity index is 3.36. The Labute approximate surface area is 188 Å². The van der Waals surface area contributed by atoms with Crippen LogP contribution in [0.5, 0.6) is 5.75 Å². The molecule has 0 bridgehead atoms. The Morgan fingerprint density at radius 1 is 1.06 bits per heavy atom. The minimum absolute atomic E-state index is 0.136. The van der Waals surface area contributed by atoms with Gasteiger partial charge in [-0.3, -0.25) is 14.9 Å². The van der Waals surface area contributed by atoms with Crippen molar-refractivity contribution in [1.82, 2.24) is 4.90 Å². The third-order valence-electron chi connectivity index (χ3n) is 5.61. The summed E-state index contributed by atoms with van der Waals surface area (Å²) in [6.07, 6.45) is 0.331. The van der Waals surface area contributed by atoms with Crippen LogP contribution in [0.1, 0.15) is 77.2 Å². The molecule has 0 unspecified atom stereocenters. The summed E-state index contributed by atoms with van der Waals surface area (Å²) >= 11 is 0. The molecular weight excluding hydrogens is 425 g/mol. The van der Waals surface area contributed by atoms with E-state index in [4.69, 9.17) is 4.74 Å². The smallest absolute Gasteiger partial charge is 0.471 e. The molecule has 9 heteroatoms. The lowest BCUT2D eigenvalue weighted by Crippen LogP contribution is -2.53. The second-order valence-electron chi connectivity index (χ2n) is 8.01. The van der Waals surface area contributed by atoms with Crippen molar-refractivity contribution in [3.8, 4) is 5.75 Å². The van der Waals surface area contributed by atoms with Gasteiger partial charge in [0.15, 0.2) is 0 Å². The van der Waals surface area contributed by atoms with Crippen LogP contribution in [0.3, 0.4) is 0 Å². The fourth-order valence-electron chi connectivity index (χ4n) is 3.90. The van der Waals surface area contributed by atoms with E-state index in [1.54, 1.807) is 24.3 Å². The molecule has 1 aromatic carbocycles. The van der Waals surface area contributed by atoms with Crippen LogP contribution >= 0.6 is 0 Å². The molecule has 0 heterocycles. The van der Waals surface area contributed by atoms with Crippen molar-refractivity contribution in [2.24, 2.45) is 0 Å². The quantitative estimate of drug-likeness (QED) is 0.179. The Hall–Kier alpha value is -2.32. The van der Waals surface area contributed by atoms with E-state index in [1.165, 1.54) is 7.11 Å². The number of halogens is 3. The summed E-state index contributed by atoms with van der Waals surface area (Å²) in [5, 5.41) is 12.0. The highest BCUT2D eigenvalue weighted by atomic mass is 19.4. The lowest BCUT2D eigenvalue weighted by atomic mass is 9.94. The molecule has 0 aliphatic rings. The number of para-hydroxylation sites is 1. The molecule has 0 fully saturated rings. The number of nitro groups is 1. The third-order valence-corrected chi connectivity index (χ3v) is 5.61. The first kappa shape index (κ1) is 27.7. The lowest BCUT2D eigenvalue weighted by molar-refractivity contribution is -0.531. The highest BCUT2D eigenvalue weighted by Gasteiger charge is 2.48. The molecule has 0 radical (unpaired) electrons. The SMILES string of the molecule is CCCCCC[C@H]([C@H](CCCCC)N(Cc1ccccc1OC)C(=O)C(F)(F)F)[N+](=O)[O-]. The average molecular weight is 461 g/mol. The minimum atomic E-state index is -5.13. The van der Waals surface area contributed by atoms with Crippen LogP contribution in [0, 0.1) is 10.1 Å². The van der Waals surface area contributed by atoms with Gasteiger partial charge in [-0.1, -0.05) is 70.6 Å². The molecule has 0 saturated heterocycles. The maximum absolute atomic E-state index is 13.6. The minimum Gasteiger partial charge on any atom is -0.496 e. The molecule has 182 valence electrons. The number of unbranched alkanes of at least 4 members (excludes halogenated alkanes) is 5. The molecule has 0 aliphatic heterocycles. The van der Waals surface area contributed by atoms with Gasteiger partial charge in [0.05, 0.1) is 19.7 Å². The van der Waals surface area contributed by atoms with Gasteiger partial charge < -0.3 is 9.64 Å². The molecule has 0 aliphatic carbocycles. The van der Waals surface area contributed by atoms with Crippen molar-refractivity contribution >= 4 is 5.91 Å². The van der Waals surface area contributed by atoms with Gasteiger partial charge >= 0.3 is 12.1 Å². The normalized spacial score (nSPS) is 13.4. The Bertz CT molecular complexity index is 713. The molecule has 2 atom stereocenters. The molecule has 0 N–H and O–H groups in total. The van der Waals surface area contributed by atoms with Gasteiger partial charge in [0, 0.05) is 16.9 Å². The van der Waals surface area contributed by atoms with Gasteiger partial charge in [-0.05, 0) is 18.9 Å². The first-order valence-electron chi connectivity index (χ1n) is 11.3. The predicted molar refractivity (Wildman–Crippen MR) is 117 cm³/mol. The van der Waals surface area contributed by atoms with E-state index in [0.717, 1.165) is 32.1 Å². The number of alkyl halides is 3. The lowest BCUT2D eigenvalue weighted by Gasteiger charge is -2.34. The van der Waals surface area contributed by atoms with E-state index >= 15 is 0 Å². The van der Waals surface area contributed by atoms with Crippen molar-refractivity contribution in [2.45, 2.75) is 96.4 Å². The van der Waals surface area contributed by atoms with Crippen molar-refractivity contribution in [3.05, 3.63) is 39.9 Å². The zero-order valence-electron chi connectivity index (χ0n) is 19.2. The first-order chi connectivity index (χ1) is 15.2. The number of benzene rings is 1. The number of hydrogen-bond acceptors (Lipinski definition) is 4. The number of nitrogens with zero attached hydrogens (tertiary/aromatic N) is 2. The van der Waals surface area contributed by atoms with Crippen LogP contribution in [0.4, 0.5) is 13.2 Å². The zero-order valence-corrected chi connectivity index (χ0v) is 19.2. The van der Waals surface area contributed by atoms with Crippen molar-refractivity contribution in [2.75, 3.05) is 7.11 Å². The summed E-state index contributed by atoms with van der Waals surface area (Å²) in [7, 11) is 1.39. The van der Waals surface area contributed by atoms with E-state index in [2.05, 4.69) is 0 Å². The summed E-state index contributed by atoms with van der Waals surface area (Å²) in [6.45, 7) is 3.55. The van der Waals surface area contributed by atoms with E-state index in [-0.39, 0.29) is 12.8 Å². The van der Waals surface area contributed by atoms with E-state index in [1.807, 2.05) is 13.8 Å². The largest absolute Gasteiger partial charge is 0.496 e. The van der Waals surface area contributed by atoms with Crippen LogP contribution in [-0.4, -0.2) is 41.1 Å². The van der Waals surface area contributed by atoms with Crippen molar-refractivity contribution < 1.29 is 27.6 Å². The standard InChI is InChI=1S/C23H35F3N2O4/c1-4-6-8-10-15-20(28(30)31)19(14-9-7-5-2)27(22(29)23(24,25)26)17-18-13-11-12-16-21(18)32-3/h11-13,16,19-20H,4-10,14-15,17H2,1-3H3/t19-,20+/m0/s1. The third kappa shape index (κ3) is 8.67. The molecule has 32 heavy (non-hydrogen) atoms. The highest BCUT2D eigenvalue weighted by Crippen LogP contribution is 2.30. The fourth-order valence-corrected chi connectivity index (χ4v) is 3.90. The van der Waals surface area contributed by atoms with Gasteiger partial charge in [0.1, 0.15) is 5.75 Å². The topological polar surface area (TPSA) is 72.7 Å². The highest BCUT2D eigenvalue weighted by molar-refractivity contribution is 5.82. The fraction of sp³-hybridized carbons (Fsp3) is 0.696. The van der Waals surface area contributed by atoms with Gasteiger partial charge in [0.25, 0.3) is 0 Å². The van der Waals surface area contributed by atoms with Crippen LogP contribution in [-0.2, 0) is 11.3 Å². The summed E-state index contributed by atoms with van der Waals surface area (Å²) in [6, 6.07) is 4.05. The van der Waals surface area contributed by atoms with E-state index in [0.29, 0.717) is 29.1 Å². The first-order valence-corrected chi connectivity index (χ1v) is 11.3. The molecular formula is C23H35F3N2O4. The van der Waals surface area contributed by atoms with Crippen molar-refractivity contribution in [3.63, 3.8) is 0 Å². The number of ether oxygens (including phenoxy) is 1. The maximum Gasteiger partial charge on any atom is 0.471 e. The molecule has 1 amide bonds. The van der Waals surface area contributed by atoms with Crippen LogP contribution in [0.25, 0.3) is 0 Å². The Morgan fingerprint density at radius 3 is 2.22 bits per heavy atom. The molecule has 0 spiro atoms.